The first kappa shape index (κ1) is 11.5. The Morgan fingerprint density at radius 3 is 1.79 bits per heavy atom. The first-order valence-corrected chi connectivity index (χ1v) is 5.99. The topological polar surface area (TPSA) is 66.5 Å². The average molecular weight is 215 g/mol. The van der Waals surface area contributed by atoms with Gasteiger partial charge in [0.05, 0.1) is 4.90 Å². The monoisotopic (exact) mass is 215 g/mol. The van der Waals surface area contributed by atoms with E-state index in [0.29, 0.717) is 4.90 Å². The van der Waals surface area contributed by atoms with Crippen LogP contribution in [-0.2, 0) is 5.41 Å². The van der Waals surface area contributed by atoms with Crippen LogP contribution >= 0.6 is 10.8 Å². The summed E-state index contributed by atoms with van der Waals surface area (Å²) in [6, 6.07) is 7.07. The summed E-state index contributed by atoms with van der Waals surface area (Å²) in [5, 5.41) is 5.21. The van der Waals surface area contributed by atoms with Crippen molar-refractivity contribution >= 4 is 10.8 Å². The van der Waals surface area contributed by atoms with Crippen LogP contribution in [0.25, 0.3) is 0 Å². The van der Waals surface area contributed by atoms with Crippen molar-refractivity contribution in [3.63, 3.8) is 0 Å². The standard InChI is InChI=1S/C10H17NO2S/c1-10(2,3)8-4-6-9(7-5-8)14(11,12)13/h4-7,12-13H,11H2,1-3H3. The molecule has 1 aromatic rings. The van der Waals surface area contributed by atoms with Gasteiger partial charge in [-0.05, 0) is 23.1 Å². The van der Waals surface area contributed by atoms with Crippen LogP contribution in [0.1, 0.15) is 26.3 Å². The van der Waals surface area contributed by atoms with Crippen molar-refractivity contribution in [2.24, 2.45) is 5.14 Å². The first-order chi connectivity index (χ1) is 6.21. The van der Waals surface area contributed by atoms with Gasteiger partial charge in [0.2, 0.25) is 0 Å². The van der Waals surface area contributed by atoms with E-state index in [-0.39, 0.29) is 5.41 Å². The van der Waals surface area contributed by atoms with Crippen molar-refractivity contribution in [2.75, 3.05) is 0 Å². The van der Waals surface area contributed by atoms with Gasteiger partial charge in [-0.25, -0.2) is 5.14 Å². The fraction of sp³-hybridized carbons (Fsp3) is 0.400. The number of hydrogen-bond acceptors (Lipinski definition) is 3. The van der Waals surface area contributed by atoms with Gasteiger partial charge in [0.25, 0.3) is 0 Å². The third-order valence-corrected chi connectivity index (χ3v) is 3.03. The Hall–Kier alpha value is -0.550. The molecule has 80 valence electrons. The van der Waals surface area contributed by atoms with Crippen LogP contribution in [0.4, 0.5) is 0 Å². The third-order valence-electron chi connectivity index (χ3n) is 2.07. The van der Waals surface area contributed by atoms with Gasteiger partial charge >= 0.3 is 0 Å². The minimum Gasteiger partial charge on any atom is -0.282 e. The highest BCUT2D eigenvalue weighted by molar-refractivity contribution is 8.22. The second-order valence-electron chi connectivity index (χ2n) is 4.37. The van der Waals surface area contributed by atoms with E-state index < -0.39 is 10.8 Å². The smallest absolute Gasteiger partial charge is 0.0747 e. The van der Waals surface area contributed by atoms with Crippen LogP contribution in [0.2, 0.25) is 0 Å². The van der Waals surface area contributed by atoms with Crippen LogP contribution in [0.5, 0.6) is 0 Å². The first-order valence-electron chi connectivity index (χ1n) is 4.38. The van der Waals surface area contributed by atoms with Crippen molar-refractivity contribution in [3.8, 4) is 0 Å². The summed E-state index contributed by atoms with van der Waals surface area (Å²) < 4.78 is 18.4. The summed E-state index contributed by atoms with van der Waals surface area (Å²) in [7, 11) is -3.07. The lowest BCUT2D eigenvalue weighted by atomic mass is 9.87. The molecule has 0 saturated carbocycles. The summed E-state index contributed by atoms with van der Waals surface area (Å²) in [5.41, 5.74) is 1.21. The summed E-state index contributed by atoms with van der Waals surface area (Å²) in [6.07, 6.45) is 0. The number of rotatable bonds is 1. The molecule has 0 spiro atoms. The molecule has 0 aromatic heterocycles. The van der Waals surface area contributed by atoms with Gasteiger partial charge in [0.1, 0.15) is 0 Å². The molecule has 0 fully saturated rings. The molecule has 0 atom stereocenters. The van der Waals surface area contributed by atoms with Crippen molar-refractivity contribution < 1.29 is 9.11 Å². The highest BCUT2D eigenvalue weighted by atomic mass is 32.3. The van der Waals surface area contributed by atoms with Gasteiger partial charge < -0.3 is 0 Å². The van der Waals surface area contributed by atoms with E-state index in [1.165, 1.54) is 0 Å². The minimum atomic E-state index is -3.07. The lowest BCUT2D eigenvalue weighted by molar-refractivity contribution is 0.488. The summed E-state index contributed by atoms with van der Waals surface area (Å²) in [4.78, 5) is 0.380. The Kier molecular flexibility index (Phi) is 2.92. The number of hydrogen-bond donors (Lipinski definition) is 3. The molecule has 0 unspecified atom stereocenters. The van der Waals surface area contributed by atoms with Crippen LogP contribution in [0.15, 0.2) is 29.2 Å². The molecule has 14 heavy (non-hydrogen) atoms. The van der Waals surface area contributed by atoms with Crippen LogP contribution in [-0.4, -0.2) is 9.11 Å². The predicted molar refractivity (Wildman–Crippen MR) is 60.4 cm³/mol. The zero-order chi connectivity index (χ0) is 11.0. The van der Waals surface area contributed by atoms with Crippen molar-refractivity contribution in [1.29, 1.82) is 0 Å². The molecule has 1 rings (SSSR count). The van der Waals surface area contributed by atoms with Crippen molar-refractivity contribution in [2.45, 2.75) is 31.1 Å². The van der Waals surface area contributed by atoms with Gasteiger partial charge in [-0.1, -0.05) is 32.9 Å². The van der Waals surface area contributed by atoms with E-state index in [1.807, 2.05) is 12.1 Å². The van der Waals surface area contributed by atoms with E-state index in [0.717, 1.165) is 5.56 Å². The maximum absolute atomic E-state index is 9.20. The van der Waals surface area contributed by atoms with E-state index in [2.05, 4.69) is 20.8 Å². The zero-order valence-corrected chi connectivity index (χ0v) is 9.51. The molecule has 0 aliphatic heterocycles. The fourth-order valence-corrected chi connectivity index (χ4v) is 1.69. The summed E-state index contributed by atoms with van der Waals surface area (Å²) >= 11 is 0. The molecule has 0 aliphatic carbocycles. The maximum atomic E-state index is 9.20. The van der Waals surface area contributed by atoms with E-state index in [1.54, 1.807) is 12.1 Å². The summed E-state index contributed by atoms with van der Waals surface area (Å²) in [6.45, 7) is 6.30. The molecule has 0 bridgehead atoms. The van der Waals surface area contributed by atoms with Gasteiger partial charge in [-0.3, -0.25) is 9.11 Å². The lowest BCUT2D eigenvalue weighted by Crippen LogP contribution is -2.12. The quantitative estimate of drug-likeness (QED) is 0.674. The van der Waals surface area contributed by atoms with Crippen LogP contribution in [0, 0.1) is 0 Å². The highest BCUT2D eigenvalue weighted by Crippen LogP contribution is 2.40. The molecule has 0 heterocycles. The summed E-state index contributed by atoms with van der Waals surface area (Å²) in [5.74, 6) is 0. The van der Waals surface area contributed by atoms with E-state index >= 15 is 0 Å². The Balaban J connectivity index is 3.02. The van der Waals surface area contributed by atoms with Crippen molar-refractivity contribution in [3.05, 3.63) is 29.8 Å². The molecule has 0 saturated heterocycles. The van der Waals surface area contributed by atoms with E-state index in [4.69, 9.17) is 5.14 Å². The van der Waals surface area contributed by atoms with Crippen LogP contribution < -0.4 is 5.14 Å². The largest absolute Gasteiger partial charge is 0.282 e. The maximum Gasteiger partial charge on any atom is 0.0747 e. The van der Waals surface area contributed by atoms with Gasteiger partial charge in [0.15, 0.2) is 0 Å². The number of nitrogens with two attached hydrogens (primary N) is 1. The van der Waals surface area contributed by atoms with Gasteiger partial charge in [-0.15, -0.1) is 10.8 Å². The lowest BCUT2D eigenvalue weighted by Gasteiger charge is -2.27. The Morgan fingerprint density at radius 1 is 1.07 bits per heavy atom. The van der Waals surface area contributed by atoms with Crippen molar-refractivity contribution in [1.82, 2.24) is 0 Å². The Bertz CT molecular complexity index is 275. The minimum absolute atomic E-state index is 0.0655. The van der Waals surface area contributed by atoms with Gasteiger partial charge in [-0.2, -0.15) is 0 Å². The second-order valence-corrected chi connectivity index (χ2v) is 6.02. The van der Waals surface area contributed by atoms with Crippen LogP contribution in [0.3, 0.4) is 0 Å². The molecule has 4 heteroatoms. The van der Waals surface area contributed by atoms with Gasteiger partial charge in [0, 0.05) is 0 Å². The molecule has 0 amide bonds. The SMILES string of the molecule is CC(C)(C)c1ccc(S(N)(O)O)cc1. The molecular weight excluding hydrogens is 198 g/mol. The Labute approximate surface area is 86.4 Å². The molecule has 1 aromatic carbocycles. The number of benzene rings is 1. The molecule has 4 N–H and O–H groups in total. The average Bonchev–Trinajstić information content (AvgIpc) is 2.01. The molecule has 0 aliphatic rings. The molecule has 3 nitrogen and oxygen atoms in total. The zero-order valence-electron chi connectivity index (χ0n) is 8.69. The van der Waals surface area contributed by atoms with E-state index in [9.17, 15) is 9.11 Å². The predicted octanol–water partition coefficient (Wildman–Crippen LogP) is 2.97. The normalized spacial score (nSPS) is 14.1. The molecular formula is C10H17NO2S. The Morgan fingerprint density at radius 2 is 1.50 bits per heavy atom. The third kappa shape index (κ3) is 2.72. The molecule has 0 radical (unpaired) electrons. The second kappa shape index (κ2) is 3.55. The fourth-order valence-electron chi connectivity index (χ4n) is 1.16. The highest BCUT2D eigenvalue weighted by Gasteiger charge is 2.15.